The molecular formula is C23H24ClN3O3. The van der Waals surface area contributed by atoms with Gasteiger partial charge in [-0.3, -0.25) is 19.4 Å². The Bertz CT molecular complexity index is 951. The van der Waals surface area contributed by atoms with E-state index in [0.29, 0.717) is 48.8 Å². The Kier molecular flexibility index (Phi) is 5.86. The summed E-state index contributed by atoms with van der Waals surface area (Å²) in [6.45, 7) is 3.73. The van der Waals surface area contributed by atoms with Gasteiger partial charge >= 0.3 is 0 Å². The Labute approximate surface area is 180 Å². The molecule has 1 aromatic heterocycles. The van der Waals surface area contributed by atoms with Crippen LogP contribution < -0.4 is 5.32 Å². The monoisotopic (exact) mass is 425 g/mol. The van der Waals surface area contributed by atoms with Gasteiger partial charge < -0.3 is 10.2 Å². The molecule has 2 amide bonds. The lowest BCUT2D eigenvalue weighted by atomic mass is 9.88. The van der Waals surface area contributed by atoms with Gasteiger partial charge in [0.1, 0.15) is 5.69 Å². The number of piperidine rings is 1. The van der Waals surface area contributed by atoms with Gasteiger partial charge in [-0.1, -0.05) is 24.6 Å². The summed E-state index contributed by atoms with van der Waals surface area (Å²) < 4.78 is 0. The molecule has 2 atom stereocenters. The Morgan fingerprint density at radius 2 is 1.80 bits per heavy atom. The van der Waals surface area contributed by atoms with Crippen molar-refractivity contribution in [2.24, 2.45) is 11.8 Å². The van der Waals surface area contributed by atoms with Crippen molar-refractivity contribution in [1.29, 1.82) is 0 Å². The smallest absolute Gasteiger partial charge is 0.272 e. The molecule has 0 radical (unpaired) electrons. The van der Waals surface area contributed by atoms with E-state index in [2.05, 4.69) is 10.3 Å². The molecule has 0 spiro atoms. The van der Waals surface area contributed by atoms with Crippen molar-refractivity contribution in [2.45, 2.75) is 25.7 Å². The molecule has 2 aliphatic heterocycles. The second-order valence-electron chi connectivity index (χ2n) is 8.11. The predicted molar refractivity (Wildman–Crippen MR) is 114 cm³/mol. The summed E-state index contributed by atoms with van der Waals surface area (Å²) in [6, 6.07) is 10.5. The van der Waals surface area contributed by atoms with E-state index in [1.807, 2.05) is 13.0 Å². The van der Waals surface area contributed by atoms with Gasteiger partial charge in [0.05, 0.1) is 5.92 Å². The quantitative estimate of drug-likeness (QED) is 0.762. The average Bonchev–Trinajstić information content (AvgIpc) is 3.11. The highest BCUT2D eigenvalue weighted by Gasteiger charge is 2.33. The molecular weight excluding hydrogens is 402 g/mol. The fraction of sp³-hybridized carbons (Fsp3) is 0.391. The first-order chi connectivity index (χ1) is 14.4. The molecule has 1 N–H and O–H groups in total. The summed E-state index contributed by atoms with van der Waals surface area (Å²) >= 11 is 5.89. The molecule has 0 aliphatic carbocycles. The molecule has 3 heterocycles. The van der Waals surface area contributed by atoms with E-state index >= 15 is 0 Å². The molecule has 7 heteroatoms. The number of Topliss-reactive ketones (excluding diaryl/α,β-unsaturated/α-hetero) is 1. The van der Waals surface area contributed by atoms with E-state index in [4.69, 9.17) is 11.6 Å². The van der Waals surface area contributed by atoms with Gasteiger partial charge in [0, 0.05) is 42.3 Å². The predicted octanol–water partition coefficient (Wildman–Crippen LogP) is 3.32. The fourth-order valence-electron chi connectivity index (χ4n) is 4.30. The summed E-state index contributed by atoms with van der Waals surface area (Å²) in [4.78, 5) is 43.6. The average molecular weight is 426 g/mol. The number of carbonyl (C=O) groups is 3. The maximum Gasteiger partial charge on any atom is 0.272 e. The highest BCUT2D eigenvalue weighted by atomic mass is 35.5. The summed E-state index contributed by atoms with van der Waals surface area (Å²) in [7, 11) is 0. The van der Waals surface area contributed by atoms with E-state index in [1.165, 1.54) is 0 Å². The van der Waals surface area contributed by atoms with Gasteiger partial charge in [-0.25, -0.2) is 0 Å². The Hall–Kier alpha value is -2.73. The van der Waals surface area contributed by atoms with Crippen LogP contribution in [-0.2, 0) is 4.79 Å². The minimum Gasteiger partial charge on any atom is -0.355 e. The number of hydrogen-bond donors (Lipinski definition) is 1. The Morgan fingerprint density at radius 1 is 1.10 bits per heavy atom. The third-order valence-corrected chi connectivity index (χ3v) is 6.35. The van der Waals surface area contributed by atoms with E-state index in [0.717, 1.165) is 5.56 Å². The van der Waals surface area contributed by atoms with Crippen LogP contribution in [0.2, 0.25) is 5.02 Å². The largest absolute Gasteiger partial charge is 0.355 e. The summed E-state index contributed by atoms with van der Waals surface area (Å²) in [6.07, 6.45) is 2.90. The molecule has 2 aliphatic rings. The zero-order valence-corrected chi connectivity index (χ0v) is 17.6. The van der Waals surface area contributed by atoms with Crippen LogP contribution in [0.3, 0.4) is 0 Å². The van der Waals surface area contributed by atoms with E-state index in [9.17, 15) is 14.4 Å². The lowest BCUT2D eigenvalue weighted by Gasteiger charge is -2.31. The Balaban J connectivity index is 1.36. The maximum atomic E-state index is 12.8. The minimum absolute atomic E-state index is 0.0100. The van der Waals surface area contributed by atoms with Crippen LogP contribution >= 0.6 is 11.6 Å². The number of carbonyl (C=O) groups excluding carboxylic acids is 3. The van der Waals surface area contributed by atoms with Gasteiger partial charge in [-0.15, -0.1) is 0 Å². The van der Waals surface area contributed by atoms with Crippen LogP contribution in [0.5, 0.6) is 0 Å². The number of ketones is 1. The number of pyridine rings is 1. The van der Waals surface area contributed by atoms with Gasteiger partial charge in [-0.2, -0.15) is 0 Å². The lowest BCUT2D eigenvalue weighted by molar-refractivity contribution is -0.120. The summed E-state index contributed by atoms with van der Waals surface area (Å²) in [5.74, 6) is -0.119. The van der Waals surface area contributed by atoms with Crippen molar-refractivity contribution in [3.8, 4) is 0 Å². The number of amides is 2. The highest BCUT2D eigenvalue weighted by Crippen LogP contribution is 2.29. The second-order valence-corrected chi connectivity index (χ2v) is 8.55. The van der Waals surface area contributed by atoms with Gasteiger partial charge in [0.2, 0.25) is 5.91 Å². The molecule has 2 fully saturated rings. The van der Waals surface area contributed by atoms with Crippen molar-refractivity contribution in [3.05, 3.63) is 64.4 Å². The lowest BCUT2D eigenvalue weighted by Crippen LogP contribution is -2.40. The van der Waals surface area contributed by atoms with Crippen molar-refractivity contribution < 1.29 is 14.4 Å². The second kappa shape index (κ2) is 8.56. The minimum atomic E-state index is -0.212. The first-order valence-electron chi connectivity index (χ1n) is 10.3. The third-order valence-electron chi connectivity index (χ3n) is 6.10. The number of nitrogens with zero attached hydrogens (tertiary/aromatic N) is 2. The summed E-state index contributed by atoms with van der Waals surface area (Å²) in [5, 5.41) is 3.46. The van der Waals surface area contributed by atoms with Gasteiger partial charge in [0.25, 0.3) is 5.91 Å². The molecule has 4 rings (SSSR count). The van der Waals surface area contributed by atoms with E-state index in [1.54, 1.807) is 41.4 Å². The van der Waals surface area contributed by atoms with Crippen LogP contribution in [0.1, 0.15) is 52.1 Å². The number of rotatable bonds is 4. The number of nitrogens with one attached hydrogen (secondary N) is 1. The van der Waals surface area contributed by atoms with Crippen LogP contribution in [0, 0.1) is 11.8 Å². The fourth-order valence-corrected chi connectivity index (χ4v) is 4.43. The molecule has 2 aromatic rings. The first-order valence-corrected chi connectivity index (χ1v) is 10.6. The maximum absolute atomic E-state index is 12.8. The van der Waals surface area contributed by atoms with Crippen LogP contribution in [0.4, 0.5) is 0 Å². The number of aromatic nitrogens is 1. The molecule has 156 valence electrons. The number of benzene rings is 1. The van der Waals surface area contributed by atoms with E-state index in [-0.39, 0.29) is 35.4 Å². The topological polar surface area (TPSA) is 79.4 Å². The van der Waals surface area contributed by atoms with Crippen molar-refractivity contribution in [2.75, 3.05) is 19.6 Å². The first kappa shape index (κ1) is 20.5. The normalized spacial score (nSPS) is 22.1. The van der Waals surface area contributed by atoms with Gasteiger partial charge in [-0.05, 0) is 54.7 Å². The zero-order valence-electron chi connectivity index (χ0n) is 16.8. The Morgan fingerprint density at radius 3 is 2.37 bits per heavy atom. The van der Waals surface area contributed by atoms with Crippen molar-refractivity contribution in [3.63, 3.8) is 0 Å². The number of halogens is 1. The highest BCUT2D eigenvalue weighted by molar-refractivity contribution is 6.30. The molecule has 1 unspecified atom stereocenters. The number of hydrogen-bond acceptors (Lipinski definition) is 4. The van der Waals surface area contributed by atoms with Crippen molar-refractivity contribution >= 4 is 29.2 Å². The van der Waals surface area contributed by atoms with Crippen molar-refractivity contribution in [1.82, 2.24) is 15.2 Å². The van der Waals surface area contributed by atoms with E-state index < -0.39 is 0 Å². The van der Waals surface area contributed by atoms with Crippen LogP contribution in [0.25, 0.3) is 0 Å². The molecule has 0 saturated carbocycles. The third kappa shape index (κ3) is 4.10. The number of likely N-dealkylation sites (tertiary alicyclic amines) is 1. The van der Waals surface area contributed by atoms with Crippen LogP contribution in [0.15, 0.2) is 42.6 Å². The SMILES string of the molecule is CC1CNC(=O)[C@H]1c1ccc(C(=O)N2CCC(C(=O)c3ccc(Cl)cc3)CC2)nc1. The summed E-state index contributed by atoms with van der Waals surface area (Å²) in [5.41, 5.74) is 1.86. The zero-order chi connectivity index (χ0) is 21.3. The molecule has 2 saturated heterocycles. The molecule has 0 bridgehead atoms. The van der Waals surface area contributed by atoms with Crippen LogP contribution in [-0.4, -0.2) is 47.1 Å². The molecule has 6 nitrogen and oxygen atoms in total. The molecule has 1 aromatic carbocycles. The molecule has 30 heavy (non-hydrogen) atoms. The standard InChI is InChI=1S/C23H24ClN3O3/c1-14-12-26-22(29)20(14)17-4-7-19(25-13-17)23(30)27-10-8-16(9-11-27)21(28)15-2-5-18(24)6-3-15/h2-7,13-14,16,20H,8-12H2,1H3,(H,26,29)/t14?,20-/m1/s1. The van der Waals surface area contributed by atoms with Gasteiger partial charge in [0.15, 0.2) is 5.78 Å².